The summed E-state index contributed by atoms with van der Waals surface area (Å²) in [7, 11) is -4.16. The fourth-order valence-electron chi connectivity index (χ4n) is 3.41. The molecule has 0 unspecified atom stereocenters. The number of carbonyl (C=O) groups excluding carboxylic acids is 2. The van der Waals surface area contributed by atoms with Crippen LogP contribution in [0.15, 0.2) is 53.4 Å². The Balaban J connectivity index is 1.50. The fourth-order valence-corrected chi connectivity index (χ4v) is 4.85. The smallest absolute Gasteiger partial charge is 0.324 e. The number of carboxylic acids is 1. The number of carboxylic acid groups (broad SMARTS) is 1. The third-order valence-electron chi connectivity index (χ3n) is 5.20. The predicted octanol–water partition coefficient (Wildman–Crippen LogP) is 0.496. The number of fused-ring (bicyclic) bond motifs is 1. The van der Waals surface area contributed by atoms with Crippen molar-refractivity contribution < 1.29 is 27.9 Å². The minimum atomic E-state index is -4.16. The largest absolute Gasteiger partial charge is 0.480 e. The lowest BCUT2D eigenvalue weighted by Crippen LogP contribution is -2.42. The van der Waals surface area contributed by atoms with Crippen LogP contribution in [-0.4, -0.2) is 56.2 Å². The molecular weight excluding hydrogens is 434 g/mol. The average molecular weight is 460 g/mol. The summed E-state index contributed by atoms with van der Waals surface area (Å²) in [6.07, 6.45) is 0.796. The highest BCUT2D eigenvalue weighted by Gasteiger charge is 2.34. The number of hydrogen-bond donors (Lipinski definition) is 4. The molecule has 0 radical (unpaired) electrons. The Bertz CT molecular complexity index is 1100. The number of nitrogens with one attached hydrogen (secondary N) is 3. The molecule has 0 bridgehead atoms. The van der Waals surface area contributed by atoms with Gasteiger partial charge in [-0.1, -0.05) is 24.3 Å². The van der Waals surface area contributed by atoms with Gasteiger partial charge in [0, 0.05) is 31.6 Å². The first kappa shape index (κ1) is 23.4. The van der Waals surface area contributed by atoms with Crippen LogP contribution >= 0.6 is 0 Å². The highest BCUT2D eigenvalue weighted by atomic mass is 32.2. The monoisotopic (exact) mass is 459 g/mol. The summed E-state index contributed by atoms with van der Waals surface area (Å²) >= 11 is 0. The molecule has 0 saturated carbocycles. The van der Waals surface area contributed by atoms with Crippen molar-refractivity contribution in [2.24, 2.45) is 0 Å². The normalized spacial score (nSPS) is 14.1. The summed E-state index contributed by atoms with van der Waals surface area (Å²) in [6.45, 7) is 1.07. The van der Waals surface area contributed by atoms with Crippen LogP contribution in [0.5, 0.6) is 0 Å². The molecule has 0 saturated heterocycles. The number of sulfone groups is 1. The fraction of sp³-hybridized carbons (Fsp3) is 0.318. The van der Waals surface area contributed by atoms with E-state index in [-0.39, 0.29) is 23.8 Å². The van der Waals surface area contributed by atoms with E-state index in [4.69, 9.17) is 0 Å². The number of carbonyl (C=O) groups is 3. The molecule has 1 aliphatic rings. The summed E-state index contributed by atoms with van der Waals surface area (Å²) in [5, 5.41) is 15.8. The van der Waals surface area contributed by atoms with E-state index in [1.807, 2.05) is 12.1 Å². The molecule has 0 fully saturated rings. The Labute approximate surface area is 186 Å². The van der Waals surface area contributed by atoms with Gasteiger partial charge >= 0.3 is 5.97 Å². The number of rotatable bonds is 9. The van der Waals surface area contributed by atoms with Gasteiger partial charge in [0.05, 0.1) is 4.90 Å². The minimum absolute atomic E-state index is 0.0309. The van der Waals surface area contributed by atoms with Gasteiger partial charge in [0.1, 0.15) is 0 Å². The Morgan fingerprint density at radius 3 is 2.50 bits per heavy atom. The quantitative estimate of drug-likeness (QED) is 0.428. The number of benzene rings is 2. The van der Waals surface area contributed by atoms with Gasteiger partial charge in [0.25, 0.3) is 5.91 Å². The summed E-state index contributed by atoms with van der Waals surface area (Å²) in [4.78, 5) is 35.8. The zero-order valence-electron chi connectivity index (χ0n) is 17.3. The van der Waals surface area contributed by atoms with Crippen molar-refractivity contribution in [2.75, 3.05) is 19.6 Å². The van der Waals surface area contributed by atoms with Crippen molar-refractivity contribution in [1.29, 1.82) is 0 Å². The molecule has 1 heterocycles. The second-order valence-electron chi connectivity index (χ2n) is 7.41. The molecule has 0 aromatic heterocycles. The molecule has 10 heteroatoms. The zero-order chi connectivity index (χ0) is 23.1. The second-order valence-corrected chi connectivity index (χ2v) is 9.54. The first-order valence-electron chi connectivity index (χ1n) is 10.2. The number of amides is 2. The van der Waals surface area contributed by atoms with Crippen LogP contribution in [0.2, 0.25) is 0 Å². The lowest BCUT2D eigenvalue weighted by atomic mass is 9.98. The van der Waals surface area contributed by atoms with Crippen LogP contribution in [0.4, 0.5) is 0 Å². The molecule has 170 valence electrons. The molecule has 2 amide bonds. The van der Waals surface area contributed by atoms with Gasteiger partial charge in [-0.3, -0.25) is 14.4 Å². The maximum Gasteiger partial charge on any atom is 0.324 e. The molecule has 9 nitrogen and oxygen atoms in total. The third kappa shape index (κ3) is 5.71. The van der Waals surface area contributed by atoms with Crippen molar-refractivity contribution in [3.05, 3.63) is 65.2 Å². The first-order chi connectivity index (χ1) is 15.3. The van der Waals surface area contributed by atoms with E-state index in [9.17, 15) is 27.9 Å². The second kappa shape index (κ2) is 10.4. The van der Waals surface area contributed by atoms with E-state index in [1.54, 1.807) is 12.1 Å². The van der Waals surface area contributed by atoms with Crippen molar-refractivity contribution in [3.63, 3.8) is 0 Å². The Hall–Kier alpha value is -3.24. The maximum absolute atomic E-state index is 12.6. The van der Waals surface area contributed by atoms with Crippen molar-refractivity contribution in [1.82, 2.24) is 16.0 Å². The van der Waals surface area contributed by atoms with Crippen LogP contribution < -0.4 is 16.0 Å². The molecule has 1 atom stereocenters. The van der Waals surface area contributed by atoms with Gasteiger partial charge in [0.15, 0.2) is 15.1 Å². The van der Waals surface area contributed by atoms with Gasteiger partial charge in [-0.15, -0.1) is 0 Å². The lowest BCUT2D eigenvalue weighted by Gasteiger charge is -2.17. The van der Waals surface area contributed by atoms with Crippen molar-refractivity contribution >= 4 is 27.6 Å². The first-order valence-corrected chi connectivity index (χ1v) is 11.7. The van der Waals surface area contributed by atoms with E-state index < -0.39 is 33.5 Å². The van der Waals surface area contributed by atoms with Gasteiger partial charge in [-0.25, -0.2) is 8.42 Å². The SMILES string of the molecule is O=C(CCNC(=O)c1ccc2c(c1)CNCC2)NC[C@@H](C(=O)O)S(=O)(=O)c1ccccc1. The summed E-state index contributed by atoms with van der Waals surface area (Å²) < 4.78 is 25.1. The lowest BCUT2D eigenvalue weighted by molar-refractivity contribution is -0.136. The number of hydrogen-bond acceptors (Lipinski definition) is 6. The van der Waals surface area contributed by atoms with Gasteiger partial charge in [-0.05, 0) is 48.4 Å². The van der Waals surface area contributed by atoms with E-state index in [0.29, 0.717) is 12.1 Å². The topological polar surface area (TPSA) is 142 Å². The van der Waals surface area contributed by atoms with Gasteiger partial charge in [-0.2, -0.15) is 0 Å². The Kier molecular flexibility index (Phi) is 7.60. The molecule has 0 aliphatic carbocycles. The minimum Gasteiger partial charge on any atom is -0.480 e. The van der Waals surface area contributed by atoms with Crippen LogP contribution in [0.1, 0.15) is 27.9 Å². The molecule has 0 spiro atoms. The average Bonchev–Trinajstić information content (AvgIpc) is 2.79. The Morgan fingerprint density at radius 1 is 1.03 bits per heavy atom. The molecular formula is C22H25N3O6S. The van der Waals surface area contributed by atoms with E-state index in [2.05, 4.69) is 16.0 Å². The maximum atomic E-state index is 12.6. The third-order valence-corrected chi connectivity index (χ3v) is 7.25. The van der Waals surface area contributed by atoms with Gasteiger partial charge in [0.2, 0.25) is 5.91 Å². The van der Waals surface area contributed by atoms with Crippen LogP contribution in [0.25, 0.3) is 0 Å². The van der Waals surface area contributed by atoms with E-state index >= 15 is 0 Å². The summed E-state index contributed by atoms with van der Waals surface area (Å²) in [5.74, 6) is -2.43. The zero-order valence-corrected chi connectivity index (χ0v) is 18.2. The summed E-state index contributed by atoms with van der Waals surface area (Å²) in [5.41, 5.74) is 2.77. The molecule has 2 aromatic carbocycles. The molecule has 4 N–H and O–H groups in total. The van der Waals surface area contributed by atoms with Crippen molar-refractivity contribution in [3.8, 4) is 0 Å². The van der Waals surface area contributed by atoms with E-state index in [1.165, 1.54) is 29.8 Å². The standard InChI is InChI=1S/C22H25N3O6S/c26-20(25-14-19(22(28)29)32(30,31)18-4-2-1-3-5-18)9-11-24-21(27)16-7-6-15-8-10-23-13-17(15)12-16/h1-7,12,19,23H,8-11,13-14H2,(H,24,27)(H,25,26)(H,28,29)/t19-/m0/s1. The van der Waals surface area contributed by atoms with Crippen LogP contribution in [0, 0.1) is 0 Å². The highest BCUT2D eigenvalue weighted by molar-refractivity contribution is 7.92. The molecule has 32 heavy (non-hydrogen) atoms. The predicted molar refractivity (Wildman–Crippen MR) is 117 cm³/mol. The van der Waals surface area contributed by atoms with Gasteiger partial charge < -0.3 is 21.1 Å². The molecule has 2 aromatic rings. The van der Waals surface area contributed by atoms with Crippen LogP contribution in [-0.2, 0) is 32.4 Å². The molecule has 1 aliphatic heterocycles. The van der Waals surface area contributed by atoms with E-state index in [0.717, 1.165) is 18.5 Å². The van der Waals surface area contributed by atoms with Crippen LogP contribution in [0.3, 0.4) is 0 Å². The number of aliphatic carboxylic acids is 1. The highest BCUT2D eigenvalue weighted by Crippen LogP contribution is 2.17. The van der Waals surface area contributed by atoms with Crippen molar-refractivity contribution in [2.45, 2.75) is 29.5 Å². The molecule has 3 rings (SSSR count). The Morgan fingerprint density at radius 2 is 1.78 bits per heavy atom. The summed E-state index contributed by atoms with van der Waals surface area (Å²) in [6, 6.07) is 12.7.